The Morgan fingerprint density at radius 2 is 1.29 bits per heavy atom. The first-order valence-electron chi connectivity index (χ1n) is 19.4. The van der Waals surface area contributed by atoms with Gasteiger partial charge < -0.3 is 38.7 Å². The number of carbonyl (C=O) groups excluding carboxylic acids is 6. The molecule has 1 fully saturated rings. The molecule has 0 aromatic rings. The summed E-state index contributed by atoms with van der Waals surface area (Å²) in [5.41, 5.74) is 0. The number of unbranched alkanes of at least 4 members (excludes halogenated alkanes) is 8. The molecule has 1 amide bonds. The standard InChI is InChI=1S/C39H64N2O11/c1-3-5-7-11-18-34(52-39(47)40-24-27-41-25-15-16-26-41)22-23-38(46)51-32-33(30-49-36(44)20-12-8-9-17-28-42)31-50-37(45)21-14-10-13-19-35(43)48-29-6-4-2/h2,28,33-34H,3,5-27,29-32H2,1H3,(H,40,47). The molecule has 1 saturated heterocycles. The molecule has 1 aliphatic rings. The molecule has 0 spiro atoms. The number of amides is 1. The number of nitrogens with zero attached hydrogens (tertiary/aromatic N) is 1. The monoisotopic (exact) mass is 736 g/mol. The lowest BCUT2D eigenvalue weighted by molar-refractivity contribution is -0.154. The maximum absolute atomic E-state index is 12.8. The number of likely N-dealkylation sites (tertiary alicyclic amines) is 1. The van der Waals surface area contributed by atoms with Gasteiger partial charge in [-0.25, -0.2) is 4.79 Å². The molecule has 0 aromatic heterocycles. The zero-order chi connectivity index (χ0) is 38.1. The second-order valence-corrected chi connectivity index (χ2v) is 13.3. The van der Waals surface area contributed by atoms with Gasteiger partial charge in [-0.3, -0.25) is 19.2 Å². The summed E-state index contributed by atoms with van der Waals surface area (Å²) in [7, 11) is 0. The number of esters is 4. The van der Waals surface area contributed by atoms with Crippen LogP contribution in [-0.2, 0) is 47.7 Å². The van der Waals surface area contributed by atoms with Crippen molar-refractivity contribution >= 4 is 36.3 Å². The predicted octanol–water partition coefficient (Wildman–Crippen LogP) is 5.84. The van der Waals surface area contributed by atoms with Gasteiger partial charge in [-0.2, -0.15) is 0 Å². The number of hydrogen-bond donors (Lipinski definition) is 1. The van der Waals surface area contributed by atoms with E-state index in [4.69, 9.17) is 30.1 Å². The lowest BCUT2D eigenvalue weighted by Crippen LogP contribution is -2.35. The summed E-state index contributed by atoms with van der Waals surface area (Å²) in [5, 5.41) is 2.83. The van der Waals surface area contributed by atoms with Crippen molar-refractivity contribution < 1.29 is 52.5 Å². The highest BCUT2D eigenvalue weighted by Crippen LogP contribution is 2.15. The van der Waals surface area contributed by atoms with Gasteiger partial charge in [0, 0.05) is 51.6 Å². The summed E-state index contributed by atoms with van der Waals surface area (Å²) in [6.07, 6.45) is 17.6. The molecular weight excluding hydrogens is 672 g/mol. The molecule has 0 radical (unpaired) electrons. The summed E-state index contributed by atoms with van der Waals surface area (Å²) in [5.74, 6) is 0.138. The maximum atomic E-state index is 12.8. The van der Waals surface area contributed by atoms with E-state index in [1.165, 1.54) is 12.8 Å². The van der Waals surface area contributed by atoms with Gasteiger partial charge in [0.15, 0.2) is 0 Å². The van der Waals surface area contributed by atoms with E-state index >= 15 is 0 Å². The van der Waals surface area contributed by atoms with Crippen LogP contribution < -0.4 is 5.32 Å². The molecule has 52 heavy (non-hydrogen) atoms. The molecule has 2 unspecified atom stereocenters. The first-order chi connectivity index (χ1) is 25.3. The molecule has 0 aromatic carbocycles. The van der Waals surface area contributed by atoms with Crippen LogP contribution in [0, 0.1) is 18.3 Å². The zero-order valence-electron chi connectivity index (χ0n) is 31.5. The van der Waals surface area contributed by atoms with E-state index in [2.05, 4.69) is 23.1 Å². The van der Waals surface area contributed by atoms with Crippen molar-refractivity contribution in [2.45, 2.75) is 141 Å². The summed E-state index contributed by atoms with van der Waals surface area (Å²) < 4.78 is 27.0. The van der Waals surface area contributed by atoms with Crippen LogP contribution in [0.5, 0.6) is 0 Å². The number of ether oxygens (including phenoxy) is 5. The first kappa shape index (κ1) is 46.4. The fourth-order valence-electron chi connectivity index (χ4n) is 5.53. The van der Waals surface area contributed by atoms with E-state index in [-0.39, 0.29) is 58.1 Å². The van der Waals surface area contributed by atoms with Crippen molar-refractivity contribution in [1.29, 1.82) is 0 Å². The SMILES string of the molecule is C#CCCOC(=O)CCCCCC(=O)OCC(COC(=O)CCCCCC=O)COC(=O)CCC(CCCCCC)OC(=O)NCCN1CCCC1. The van der Waals surface area contributed by atoms with Gasteiger partial charge in [-0.1, -0.05) is 39.0 Å². The molecule has 2 atom stereocenters. The molecule has 1 rings (SSSR count). The van der Waals surface area contributed by atoms with Crippen LogP contribution in [0.3, 0.4) is 0 Å². The Bertz CT molecular complexity index is 1060. The van der Waals surface area contributed by atoms with Crippen molar-refractivity contribution in [2.24, 2.45) is 5.92 Å². The van der Waals surface area contributed by atoms with Gasteiger partial charge in [0.1, 0.15) is 38.8 Å². The molecule has 13 nitrogen and oxygen atoms in total. The van der Waals surface area contributed by atoms with E-state index < -0.39 is 36.0 Å². The Morgan fingerprint density at radius 1 is 0.731 bits per heavy atom. The second-order valence-electron chi connectivity index (χ2n) is 13.3. The zero-order valence-corrected chi connectivity index (χ0v) is 31.5. The molecule has 0 saturated carbocycles. The fourth-order valence-corrected chi connectivity index (χ4v) is 5.53. The highest BCUT2D eigenvalue weighted by atomic mass is 16.6. The minimum absolute atomic E-state index is 0.0318. The molecular formula is C39H64N2O11. The topological polar surface area (TPSA) is 164 Å². The summed E-state index contributed by atoms with van der Waals surface area (Å²) in [6.45, 7) is 5.36. The first-order valence-corrected chi connectivity index (χ1v) is 19.4. The quantitative estimate of drug-likeness (QED) is 0.0289. The van der Waals surface area contributed by atoms with E-state index in [9.17, 15) is 28.8 Å². The number of alkyl carbamates (subject to hydrolysis) is 1. The van der Waals surface area contributed by atoms with Crippen LogP contribution in [0.1, 0.15) is 135 Å². The molecule has 296 valence electrons. The normalized spacial score (nSPS) is 13.7. The molecule has 1 heterocycles. The second kappa shape index (κ2) is 32.0. The van der Waals surface area contributed by atoms with Crippen LogP contribution in [0.25, 0.3) is 0 Å². The van der Waals surface area contributed by atoms with Crippen molar-refractivity contribution in [3.05, 3.63) is 0 Å². The predicted molar refractivity (Wildman–Crippen MR) is 195 cm³/mol. The van der Waals surface area contributed by atoms with Gasteiger partial charge >= 0.3 is 30.0 Å². The number of aldehydes is 1. The Hall–Kier alpha value is -3.66. The third kappa shape index (κ3) is 27.1. The lowest BCUT2D eigenvalue weighted by atomic mass is 10.1. The Morgan fingerprint density at radius 3 is 1.87 bits per heavy atom. The van der Waals surface area contributed by atoms with Crippen molar-refractivity contribution in [1.82, 2.24) is 10.2 Å². The number of nitrogens with one attached hydrogen (secondary N) is 1. The van der Waals surface area contributed by atoms with Gasteiger partial charge in [-0.05, 0) is 70.9 Å². The molecule has 13 heteroatoms. The minimum atomic E-state index is -0.577. The van der Waals surface area contributed by atoms with Crippen LogP contribution in [-0.4, -0.2) is 99.9 Å². The van der Waals surface area contributed by atoms with Crippen LogP contribution >= 0.6 is 0 Å². The fraction of sp³-hybridized carbons (Fsp3) is 0.795. The molecule has 0 bridgehead atoms. The van der Waals surface area contributed by atoms with Gasteiger partial charge in [0.05, 0.1) is 5.92 Å². The highest BCUT2D eigenvalue weighted by Gasteiger charge is 2.21. The van der Waals surface area contributed by atoms with E-state index in [1.807, 2.05) is 0 Å². The van der Waals surface area contributed by atoms with E-state index in [0.717, 1.165) is 58.0 Å². The number of carbonyl (C=O) groups is 6. The smallest absolute Gasteiger partial charge is 0.407 e. The Labute approximate surface area is 310 Å². The molecule has 1 aliphatic heterocycles. The average Bonchev–Trinajstić information content (AvgIpc) is 3.65. The van der Waals surface area contributed by atoms with Crippen molar-refractivity contribution in [2.75, 3.05) is 52.6 Å². The summed E-state index contributed by atoms with van der Waals surface area (Å²) >= 11 is 0. The minimum Gasteiger partial charge on any atom is -0.465 e. The summed E-state index contributed by atoms with van der Waals surface area (Å²) in [4.78, 5) is 74.5. The third-order valence-corrected chi connectivity index (χ3v) is 8.63. The van der Waals surface area contributed by atoms with E-state index in [1.54, 1.807) is 0 Å². The lowest BCUT2D eigenvalue weighted by Gasteiger charge is -2.20. The largest absolute Gasteiger partial charge is 0.465 e. The maximum Gasteiger partial charge on any atom is 0.407 e. The third-order valence-electron chi connectivity index (χ3n) is 8.63. The van der Waals surface area contributed by atoms with Crippen LogP contribution in [0.2, 0.25) is 0 Å². The van der Waals surface area contributed by atoms with Crippen LogP contribution in [0.15, 0.2) is 0 Å². The Balaban J connectivity index is 2.56. The number of hydrogen-bond acceptors (Lipinski definition) is 12. The number of rotatable bonds is 32. The molecule has 0 aliphatic carbocycles. The Kier molecular flexibility index (Phi) is 28.6. The van der Waals surface area contributed by atoms with Crippen LogP contribution in [0.4, 0.5) is 4.79 Å². The average molecular weight is 737 g/mol. The summed E-state index contributed by atoms with van der Waals surface area (Å²) in [6, 6.07) is 0. The van der Waals surface area contributed by atoms with Gasteiger partial charge in [-0.15, -0.1) is 12.3 Å². The molecule has 1 N–H and O–H groups in total. The van der Waals surface area contributed by atoms with Gasteiger partial charge in [0.25, 0.3) is 0 Å². The van der Waals surface area contributed by atoms with Crippen molar-refractivity contribution in [3.8, 4) is 12.3 Å². The van der Waals surface area contributed by atoms with Crippen molar-refractivity contribution in [3.63, 3.8) is 0 Å². The van der Waals surface area contributed by atoms with Gasteiger partial charge in [0.2, 0.25) is 0 Å². The highest BCUT2D eigenvalue weighted by molar-refractivity contribution is 5.71. The number of terminal acetylenes is 1. The van der Waals surface area contributed by atoms with E-state index in [0.29, 0.717) is 64.3 Å².